The molecule has 3 aliphatic rings. The molecule has 0 N–H and O–H groups in total. The van der Waals surface area contributed by atoms with Crippen molar-refractivity contribution in [2.45, 2.75) is 51.4 Å². The van der Waals surface area contributed by atoms with Crippen LogP contribution in [0.25, 0.3) is 11.6 Å². The van der Waals surface area contributed by atoms with Gasteiger partial charge in [0.25, 0.3) is 0 Å². The topological polar surface area (TPSA) is 12.9 Å². The smallest absolute Gasteiger partial charge is 0.0523 e. The van der Waals surface area contributed by atoms with Gasteiger partial charge in [0, 0.05) is 19.1 Å². The number of hydrogen-bond acceptors (Lipinski definition) is 1. The molecule has 0 aliphatic heterocycles. The highest BCUT2D eigenvalue weighted by Crippen LogP contribution is 2.35. The Morgan fingerprint density at radius 3 is 2.92 bits per heavy atom. The van der Waals surface area contributed by atoms with E-state index in [0.717, 1.165) is 12.3 Å². The highest BCUT2D eigenvalue weighted by molar-refractivity contribution is 5.84. The lowest BCUT2D eigenvalue weighted by Gasteiger charge is -2.25. The van der Waals surface area contributed by atoms with Gasteiger partial charge in [-0.05, 0) is 59.9 Å². The lowest BCUT2D eigenvalue weighted by Crippen LogP contribution is -2.14. The lowest BCUT2D eigenvalue weighted by atomic mass is 9.82. The molecule has 0 saturated heterocycles. The van der Waals surface area contributed by atoms with Gasteiger partial charge in [-0.2, -0.15) is 0 Å². The van der Waals surface area contributed by atoms with Crippen molar-refractivity contribution in [1.82, 2.24) is 4.98 Å². The van der Waals surface area contributed by atoms with E-state index < -0.39 is 0 Å². The Morgan fingerprint density at radius 2 is 2.04 bits per heavy atom. The summed E-state index contributed by atoms with van der Waals surface area (Å²) in [5.74, 6) is 0.886. The van der Waals surface area contributed by atoms with Gasteiger partial charge in [-0.25, -0.2) is 0 Å². The quantitative estimate of drug-likeness (QED) is 0.672. The largest absolute Gasteiger partial charge is 0.257 e. The molecule has 3 aliphatic carbocycles. The minimum Gasteiger partial charge on any atom is -0.257 e. The fourth-order valence-corrected chi connectivity index (χ4v) is 4.41. The monoisotopic (exact) mass is 329 g/mol. The zero-order valence-electron chi connectivity index (χ0n) is 14.8. The Kier molecular flexibility index (Phi) is 3.81. The normalized spacial score (nSPS) is 19.0. The van der Waals surface area contributed by atoms with Crippen LogP contribution >= 0.6 is 0 Å². The Hall–Kier alpha value is -2.15. The summed E-state index contributed by atoms with van der Waals surface area (Å²) < 4.78 is 0. The number of fused-ring (bicyclic) bond motifs is 2. The predicted molar refractivity (Wildman–Crippen MR) is 107 cm³/mol. The average Bonchev–Trinajstić information content (AvgIpc) is 2.87. The number of benzene rings is 1. The molecule has 1 saturated carbocycles. The lowest BCUT2D eigenvalue weighted by molar-refractivity contribution is 0.312. The van der Waals surface area contributed by atoms with Crippen LogP contribution in [0.15, 0.2) is 42.5 Å². The van der Waals surface area contributed by atoms with Crippen molar-refractivity contribution < 1.29 is 1.43 Å². The predicted octanol–water partition coefficient (Wildman–Crippen LogP) is 6.01. The van der Waals surface area contributed by atoms with E-state index in [1.54, 1.807) is 0 Å². The van der Waals surface area contributed by atoms with Crippen molar-refractivity contribution >= 4 is 11.6 Å². The molecule has 128 valence electrons. The summed E-state index contributed by atoms with van der Waals surface area (Å²) in [5, 5.41) is 0. The standard InChI is InChI=1S/C24H25N.H2/c1-2-7-18-9-10-20(16-19(18)8-3-1)22-13-14-24-23(22)12-11-21(25-24)15-17-5-4-6-17;/h2,7,9-13,16-17H,1,3-6,8,14-15H2;1H. The van der Waals surface area contributed by atoms with Crippen molar-refractivity contribution in [2.75, 3.05) is 0 Å². The van der Waals surface area contributed by atoms with Crippen LogP contribution in [0.1, 0.15) is 67.2 Å². The molecule has 0 amide bonds. The van der Waals surface area contributed by atoms with Crippen LogP contribution in [-0.4, -0.2) is 4.98 Å². The molecule has 1 nitrogen and oxygen atoms in total. The highest BCUT2D eigenvalue weighted by Gasteiger charge is 2.21. The van der Waals surface area contributed by atoms with Crippen LogP contribution in [0, 0.1) is 5.92 Å². The molecular weight excluding hydrogens is 302 g/mol. The molecule has 1 fully saturated rings. The summed E-state index contributed by atoms with van der Waals surface area (Å²) in [7, 11) is 0. The Bertz CT molecular complexity index is 874. The molecule has 25 heavy (non-hydrogen) atoms. The molecule has 0 unspecified atom stereocenters. The van der Waals surface area contributed by atoms with Gasteiger partial charge < -0.3 is 0 Å². The molecular formula is C24H27N. The average molecular weight is 329 g/mol. The van der Waals surface area contributed by atoms with Crippen LogP contribution in [-0.2, 0) is 19.3 Å². The summed E-state index contributed by atoms with van der Waals surface area (Å²) in [6.07, 6.45) is 17.0. The summed E-state index contributed by atoms with van der Waals surface area (Å²) >= 11 is 0. The van der Waals surface area contributed by atoms with Crippen molar-refractivity contribution in [1.29, 1.82) is 0 Å². The molecule has 0 spiro atoms. The van der Waals surface area contributed by atoms with E-state index in [4.69, 9.17) is 4.98 Å². The van der Waals surface area contributed by atoms with Crippen LogP contribution in [0.2, 0.25) is 0 Å². The number of aryl methyl sites for hydroxylation is 1. The highest BCUT2D eigenvalue weighted by atomic mass is 14.7. The van der Waals surface area contributed by atoms with Crippen LogP contribution in [0.3, 0.4) is 0 Å². The van der Waals surface area contributed by atoms with Crippen molar-refractivity contribution in [3.8, 4) is 0 Å². The maximum Gasteiger partial charge on any atom is 0.0523 e. The van der Waals surface area contributed by atoms with Gasteiger partial charge in [0.1, 0.15) is 0 Å². The molecule has 0 radical (unpaired) electrons. The maximum absolute atomic E-state index is 4.99. The fourth-order valence-electron chi connectivity index (χ4n) is 4.41. The van der Waals surface area contributed by atoms with E-state index in [0.29, 0.717) is 0 Å². The first kappa shape index (κ1) is 15.1. The minimum atomic E-state index is 0. The van der Waals surface area contributed by atoms with Gasteiger partial charge in [0.15, 0.2) is 0 Å². The van der Waals surface area contributed by atoms with Gasteiger partial charge in [-0.3, -0.25) is 4.98 Å². The second kappa shape index (κ2) is 6.29. The van der Waals surface area contributed by atoms with E-state index in [9.17, 15) is 0 Å². The third-order valence-corrected chi connectivity index (χ3v) is 6.11. The van der Waals surface area contributed by atoms with E-state index in [1.165, 1.54) is 84.2 Å². The van der Waals surface area contributed by atoms with Crippen molar-refractivity contribution in [2.24, 2.45) is 5.92 Å². The molecule has 0 atom stereocenters. The second-order valence-electron chi connectivity index (χ2n) is 7.83. The van der Waals surface area contributed by atoms with E-state index >= 15 is 0 Å². The van der Waals surface area contributed by atoms with Gasteiger partial charge >= 0.3 is 0 Å². The zero-order valence-corrected chi connectivity index (χ0v) is 14.8. The minimum absolute atomic E-state index is 0. The number of allylic oxidation sites excluding steroid dienone is 2. The van der Waals surface area contributed by atoms with E-state index in [1.807, 2.05) is 0 Å². The SMILES string of the molecule is C1=Cc2ccc(C3=CCc4nc(CC5CCC5)ccc43)cc2CCC1.[HH]. The Labute approximate surface area is 152 Å². The van der Waals surface area contributed by atoms with Gasteiger partial charge in [-0.15, -0.1) is 0 Å². The van der Waals surface area contributed by atoms with Crippen molar-refractivity contribution in [3.05, 3.63) is 76.1 Å². The van der Waals surface area contributed by atoms with Crippen LogP contribution < -0.4 is 0 Å². The zero-order chi connectivity index (χ0) is 16.6. The Balaban J connectivity index is 0.00000168. The summed E-state index contributed by atoms with van der Waals surface area (Å²) in [4.78, 5) is 4.99. The molecule has 2 aromatic rings. The number of nitrogens with zero attached hydrogens (tertiary/aromatic N) is 1. The first-order chi connectivity index (χ1) is 12.4. The molecule has 1 aromatic carbocycles. The number of aromatic nitrogens is 1. The van der Waals surface area contributed by atoms with Crippen LogP contribution in [0.4, 0.5) is 0 Å². The number of hydrogen-bond donors (Lipinski definition) is 0. The van der Waals surface area contributed by atoms with Crippen molar-refractivity contribution in [3.63, 3.8) is 0 Å². The fraction of sp³-hybridized carbons (Fsp3) is 0.375. The summed E-state index contributed by atoms with van der Waals surface area (Å²) in [5.41, 5.74) is 9.56. The third kappa shape index (κ3) is 2.86. The van der Waals surface area contributed by atoms with Gasteiger partial charge in [0.05, 0.1) is 5.69 Å². The first-order valence-corrected chi connectivity index (χ1v) is 9.86. The third-order valence-electron chi connectivity index (χ3n) is 6.11. The molecule has 0 bridgehead atoms. The number of rotatable bonds is 3. The van der Waals surface area contributed by atoms with E-state index in [2.05, 4.69) is 48.6 Å². The molecule has 5 rings (SSSR count). The number of pyridine rings is 1. The van der Waals surface area contributed by atoms with Gasteiger partial charge in [-0.1, -0.05) is 61.8 Å². The van der Waals surface area contributed by atoms with Crippen LogP contribution in [0.5, 0.6) is 0 Å². The Morgan fingerprint density at radius 1 is 1.08 bits per heavy atom. The maximum atomic E-state index is 4.99. The summed E-state index contributed by atoms with van der Waals surface area (Å²) in [6, 6.07) is 11.6. The summed E-state index contributed by atoms with van der Waals surface area (Å²) in [6.45, 7) is 0. The second-order valence-corrected chi connectivity index (χ2v) is 7.83. The van der Waals surface area contributed by atoms with Gasteiger partial charge in [0.2, 0.25) is 0 Å². The molecule has 1 heteroatoms. The van der Waals surface area contributed by atoms with E-state index in [-0.39, 0.29) is 1.43 Å². The molecule has 1 heterocycles. The molecule has 1 aromatic heterocycles. The first-order valence-electron chi connectivity index (χ1n) is 9.86.